The summed E-state index contributed by atoms with van der Waals surface area (Å²) >= 11 is -0.200. The number of thioether (sulfide) groups is 1. The van der Waals surface area contributed by atoms with Gasteiger partial charge >= 0.3 is 5.51 Å². The minimum atomic E-state index is -4.40. The number of hydrazone groups is 2. The third-order valence-corrected chi connectivity index (χ3v) is 5.64. The zero-order valence-corrected chi connectivity index (χ0v) is 21.0. The van der Waals surface area contributed by atoms with Crippen molar-refractivity contribution >= 4 is 46.5 Å². The number of halogens is 3. The van der Waals surface area contributed by atoms with E-state index < -0.39 is 5.51 Å². The molecule has 0 unspecified atom stereocenters. The van der Waals surface area contributed by atoms with Crippen LogP contribution in [-0.4, -0.2) is 36.9 Å². The second-order valence-corrected chi connectivity index (χ2v) is 8.89. The summed E-state index contributed by atoms with van der Waals surface area (Å²) in [6.45, 7) is 3.65. The first-order valence-corrected chi connectivity index (χ1v) is 12.0. The number of alkyl halides is 3. The Balaban J connectivity index is 1.60. The van der Waals surface area contributed by atoms with Gasteiger partial charge in [0.05, 0.1) is 11.4 Å². The number of nitrogens with zero attached hydrogens (tertiary/aromatic N) is 6. The van der Waals surface area contributed by atoms with Crippen molar-refractivity contribution < 1.29 is 13.2 Å². The van der Waals surface area contributed by atoms with Gasteiger partial charge in [0.2, 0.25) is 5.95 Å². The van der Waals surface area contributed by atoms with Gasteiger partial charge in [-0.15, -0.1) is 0 Å². The van der Waals surface area contributed by atoms with Gasteiger partial charge in [-0.25, -0.2) is 0 Å². The van der Waals surface area contributed by atoms with E-state index in [1.165, 1.54) is 18.2 Å². The Bertz CT molecular complexity index is 1350. The van der Waals surface area contributed by atoms with Gasteiger partial charge in [-0.3, -0.25) is 20.8 Å². The number of rotatable bonds is 9. The fourth-order valence-electron chi connectivity index (χ4n) is 3.12. The van der Waals surface area contributed by atoms with Gasteiger partial charge in [0, 0.05) is 52.6 Å². The molecule has 0 bridgehead atoms. The van der Waals surface area contributed by atoms with Crippen molar-refractivity contribution in [3.8, 4) is 0 Å². The molecule has 4 aromatic rings. The van der Waals surface area contributed by atoms with Gasteiger partial charge in [-0.2, -0.15) is 33.3 Å². The molecule has 0 saturated heterocycles. The molecule has 0 aliphatic heterocycles. The Kier molecular flexibility index (Phi) is 8.48. The fraction of sp³-hybridized carbons (Fsp3) is 0.120. The largest absolute Gasteiger partial charge is 0.446 e. The second-order valence-electron chi connectivity index (χ2n) is 7.75. The number of nitrogens with one attached hydrogen (secondary N) is 3. The molecule has 194 valence electrons. The van der Waals surface area contributed by atoms with E-state index in [0.717, 1.165) is 11.1 Å². The van der Waals surface area contributed by atoms with Crippen LogP contribution in [0.15, 0.2) is 94.5 Å². The van der Waals surface area contributed by atoms with Crippen molar-refractivity contribution in [1.29, 1.82) is 0 Å². The molecule has 0 amide bonds. The fourth-order valence-corrected chi connectivity index (χ4v) is 3.72. The van der Waals surface area contributed by atoms with E-state index in [9.17, 15) is 13.2 Å². The summed E-state index contributed by atoms with van der Waals surface area (Å²) in [5, 5.41) is 11.7. The first-order chi connectivity index (χ1) is 18.2. The predicted octanol–water partition coefficient (Wildman–Crippen LogP) is 6.29. The molecule has 0 aliphatic rings. The van der Waals surface area contributed by atoms with Gasteiger partial charge in [0.15, 0.2) is 11.6 Å². The molecule has 1 aromatic carbocycles. The molecular weight excluding hydrogens is 515 g/mol. The molecule has 3 N–H and O–H groups in total. The van der Waals surface area contributed by atoms with Crippen molar-refractivity contribution in [2.24, 2.45) is 10.2 Å². The molecule has 0 fully saturated rings. The molecule has 9 nitrogen and oxygen atoms in total. The van der Waals surface area contributed by atoms with Crippen LogP contribution in [-0.2, 0) is 0 Å². The molecule has 3 heterocycles. The monoisotopic (exact) mass is 537 g/mol. The minimum Gasteiger partial charge on any atom is -0.324 e. The summed E-state index contributed by atoms with van der Waals surface area (Å²) in [4.78, 5) is 16.8. The zero-order chi connectivity index (χ0) is 27.0. The predicted molar refractivity (Wildman–Crippen MR) is 144 cm³/mol. The highest BCUT2D eigenvalue weighted by Crippen LogP contribution is 2.37. The van der Waals surface area contributed by atoms with Crippen LogP contribution in [0.5, 0.6) is 0 Å². The van der Waals surface area contributed by atoms with E-state index >= 15 is 0 Å². The first kappa shape index (κ1) is 26.5. The van der Waals surface area contributed by atoms with E-state index in [2.05, 4.69) is 46.3 Å². The summed E-state index contributed by atoms with van der Waals surface area (Å²) in [7, 11) is 0. The molecule has 38 heavy (non-hydrogen) atoms. The Morgan fingerprint density at radius 2 is 1.29 bits per heavy atom. The number of benzene rings is 1. The molecule has 0 radical (unpaired) electrons. The van der Waals surface area contributed by atoms with Crippen LogP contribution in [0.3, 0.4) is 0 Å². The normalized spacial score (nSPS) is 12.2. The van der Waals surface area contributed by atoms with Crippen molar-refractivity contribution in [3.05, 3.63) is 90.5 Å². The zero-order valence-electron chi connectivity index (χ0n) is 20.2. The average Bonchev–Trinajstić information content (AvgIpc) is 2.90. The van der Waals surface area contributed by atoms with Crippen molar-refractivity contribution in [2.75, 3.05) is 16.2 Å². The molecular formula is C25H22F3N9S. The summed E-state index contributed by atoms with van der Waals surface area (Å²) < 4.78 is 38.5. The number of pyridine rings is 2. The lowest BCUT2D eigenvalue weighted by Gasteiger charge is -2.11. The molecule has 0 aliphatic carbocycles. The maximum absolute atomic E-state index is 12.8. The smallest absolute Gasteiger partial charge is 0.324 e. The van der Waals surface area contributed by atoms with E-state index in [0.29, 0.717) is 28.7 Å². The Morgan fingerprint density at radius 1 is 0.763 bits per heavy atom. The average molecular weight is 538 g/mol. The number of hydrogen-bond acceptors (Lipinski definition) is 10. The number of anilines is 4. The van der Waals surface area contributed by atoms with Gasteiger partial charge in [0.1, 0.15) is 0 Å². The van der Waals surface area contributed by atoms with Gasteiger partial charge in [0.25, 0.3) is 0 Å². The first-order valence-electron chi connectivity index (χ1n) is 11.2. The highest BCUT2D eigenvalue weighted by atomic mass is 32.2. The number of hydrogen-bond donors (Lipinski definition) is 3. The van der Waals surface area contributed by atoms with Gasteiger partial charge in [-0.1, -0.05) is 6.07 Å². The van der Waals surface area contributed by atoms with Crippen LogP contribution in [0.4, 0.5) is 36.4 Å². The quantitative estimate of drug-likeness (QED) is 0.130. The van der Waals surface area contributed by atoms with Crippen molar-refractivity contribution in [2.45, 2.75) is 24.3 Å². The lowest BCUT2D eigenvalue weighted by Crippen LogP contribution is -2.07. The van der Waals surface area contributed by atoms with E-state index in [1.807, 2.05) is 38.1 Å². The van der Waals surface area contributed by atoms with Crippen LogP contribution < -0.4 is 16.2 Å². The van der Waals surface area contributed by atoms with Crippen LogP contribution in [0.1, 0.15) is 25.0 Å². The standard InChI is InChI=1S/C25H22F3N9S/c1-16(18-6-10-29-11-7-18)34-36-22-15-23(37-35-17(2)19-8-12-30-13-9-19)33-24(32-22)31-20-4-3-5-21(14-20)38-25(26,27)28/h3-15H,1-2H3,(H3,31,32,33,36,37). The second kappa shape index (κ2) is 12.1. The van der Waals surface area contributed by atoms with Crippen LogP contribution >= 0.6 is 11.8 Å². The highest BCUT2D eigenvalue weighted by molar-refractivity contribution is 8.00. The summed E-state index contributed by atoms with van der Waals surface area (Å²) in [5.74, 6) is 0.784. The Hall–Kier alpha value is -4.52. The summed E-state index contributed by atoms with van der Waals surface area (Å²) in [6.07, 6.45) is 6.66. The summed E-state index contributed by atoms with van der Waals surface area (Å²) in [6, 6.07) is 14.8. The molecule has 4 rings (SSSR count). The molecule has 0 spiro atoms. The maximum Gasteiger partial charge on any atom is 0.446 e. The van der Waals surface area contributed by atoms with E-state index in [1.54, 1.807) is 36.9 Å². The van der Waals surface area contributed by atoms with E-state index in [-0.39, 0.29) is 22.6 Å². The third kappa shape index (κ3) is 8.00. The van der Waals surface area contributed by atoms with Gasteiger partial charge in [-0.05, 0) is 68.1 Å². The lowest BCUT2D eigenvalue weighted by molar-refractivity contribution is -0.0328. The SMILES string of the molecule is CC(=NNc1cc(NN=C(C)c2ccncc2)nc(Nc2cccc(SC(F)(F)F)c2)n1)c1ccncc1. The van der Waals surface area contributed by atoms with Crippen LogP contribution in [0, 0.1) is 0 Å². The van der Waals surface area contributed by atoms with Crippen LogP contribution in [0.2, 0.25) is 0 Å². The van der Waals surface area contributed by atoms with E-state index in [4.69, 9.17) is 0 Å². The topological polar surface area (TPSA) is 112 Å². The van der Waals surface area contributed by atoms with Crippen LogP contribution in [0.25, 0.3) is 0 Å². The molecule has 0 atom stereocenters. The molecule has 0 saturated carbocycles. The van der Waals surface area contributed by atoms with Crippen molar-refractivity contribution in [1.82, 2.24) is 19.9 Å². The molecule has 3 aromatic heterocycles. The Morgan fingerprint density at radius 3 is 1.79 bits per heavy atom. The lowest BCUT2D eigenvalue weighted by atomic mass is 10.2. The van der Waals surface area contributed by atoms with Crippen molar-refractivity contribution in [3.63, 3.8) is 0 Å². The molecule has 13 heteroatoms. The Labute approximate surface area is 220 Å². The highest BCUT2D eigenvalue weighted by Gasteiger charge is 2.29. The third-order valence-electron chi connectivity index (χ3n) is 4.92. The van der Waals surface area contributed by atoms with Gasteiger partial charge < -0.3 is 5.32 Å². The maximum atomic E-state index is 12.8. The number of aromatic nitrogens is 4. The summed E-state index contributed by atoms with van der Waals surface area (Å²) in [5.41, 5.74) is 4.91. The minimum absolute atomic E-state index is 0.0327.